The number of hydrogen-bond acceptors (Lipinski definition) is 22. The van der Waals surface area contributed by atoms with E-state index in [0.29, 0.717) is 42.7 Å². The number of unbranched alkanes of at least 4 members (excludes halogenated alkanes) is 3. The number of benzene rings is 2. The fourth-order valence-electron chi connectivity index (χ4n) is 10.4. The van der Waals surface area contributed by atoms with Crippen LogP contribution in [-0.2, 0) is 82.9 Å². The van der Waals surface area contributed by atoms with E-state index in [9.17, 15) is 72.2 Å². The molecule has 594 valence electrons. The van der Waals surface area contributed by atoms with Gasteiger partial charge in [-0.05, 0) is 95.6 Å². The van der Waals surface area contributed by atoms with Gasteiger partial charge in [-0.1, -0.05) is 95.8 Å². The van der Waals surface area contributed by atoms with Crippen LogP contribution in [0.3, 0.4) is 0 Å². The van der Waals surface area contributed by atoms with Gasteiger partial charge in [-0.25, -0.2) is 0 Å². The van der Waals surface area contributed by atoms with Gasteiger partial charge in [-0.3, -0.25) is 67.1 Å². The molecule has 2 aromatic rings. The van der Waals surface area contributed by atoms with Crippen molar-refractivity contribution in [3.63, 3.8) is 0 Å². The average Bonchev–Trinajstić information content (AvgIpc) is 0.877. The molecule has 35 nitrogen and oxygen atoms in total. The normalized spacial score (nSPS) is 13.3. The molecule has 0 heterocycles. The molecular weight excluding hydrogens is 1380 g/mol. The SMILES string of the molecule is CCCCCC[C@H](NC(=O)CCOCCOCCOCCOCCNC(=O)c1ccc(C(=O)C(CC)CC)cc1)C(=O)NCC(=O)N[C@H](C(=O)N[C@@H](CCN)C(=O)N[C@@H](CCNC(=O)CCC)C(=O)N[C@@H](CCN)C(=O)N[C@H](Cc1ccccc1)C(=O)NCC(=O)N[C@@H](CCN)C(=O)NCC(N)=O)[C@@H](C)O. The van der Waals surface area contributed by atoms with Gasteiger partial charge in [0.2, 0.25) is 70.9 Å². The number of carbonyl (C=O) groups excluding carboxylic acids is 14. The van der Waals surface area contributed by atoms with Crippen molar-refractivity contribution >= 4 is 82.6 Å². The topological polar surface area (TPSA) is 545 Å². The highest BCUT2D eigenvalue weighted by atomic mass is 16.6. The molecular formula is C71H116N16O19. The van der Waals surface area contributed by atoms with Crippen LogP contribution >= 0.6 is 0 Å². The third-order valence-electron chi connectivity index (χ3n) is 16.3. The fourth-order valence-corrected chi connectivity index (χ4v) is 10.4. The molecule has 0 spiro atoms. The number of hydrogen-bond donors (Lipinski definition) is 17. The van der Waals surface area contributed by atoms with Gasteiger partial charge in [0.15, 0.2) is 5.78 Å². The number of amides is 13. The van der Waals surface area contributed by atoms with E-state index in [-0.39, 0.29) is 147 Å². The second-order valence-electron chi connectivity index (χ2n) is 25.0. The minimum Gasteiger partial charge on any atom is -0.391 e. The van der Waals surface area contributed by atoms with Crippen LogP contribution in [0.15, 0.2) is 54.6 Å². The molecule has 8 atom stereocenters. The summed E-state index contributed by atoms with van der Waals surface area (Å²) in [5.74, 6) is -9.94. The van der Waals surface area contributed by atoms with Crippen molar-refractivity contribution in [1.29, 1.82) is 0 Å². The van der Waals surface area contributed by atoms with Crippen molar-refractivity contribution < 1.29 is 91.2 Å². The zero-order valence-electron chi connectivity index (χ0n) is 61.9. The van der Waals surface area contributed by atoms with Gasteiger partial charge < -0.3 is 111 Å². The predicted octanol–water partition coefficient (Wildman–Crippen LogP) is -3.33. The van der Waals surface area contributed by atoms with E-state index in [2.05, 4.69) is 63.8 Å². The van der Waals surface area contributed by atoms with E-state index >= 15 is 0 Å². The zero-order valence-corrected chi connectivity index (χ0v) is 61.9. The summed E-state index contributed by atoms with van der Waals surface area (Å²) in [7, 11) is 0. The molecule has 0 bridgehead atoms. The van der Waals surface area contributed by atoms with Gasteiger partial charge in [-0.15, -0.1) is 0 Å². The largest absolute Gasteiger partial charge is 0.391 e. The Hall–Kier alpha value is -9.10. The third-order valence-corrected chi connectivity index (χ3v) is 16.3. The van der Waals surface area contributed by atoms with Crippen LogP contribution in [0.25, 0.3) is 0 Å². The number of aliphatic hydroxyl groups excluding tert-OH is 1. The molecule has 21 N–H and O–H groups in total. The second kappa shape index (κ2) is 55.4. The Balaban J connectivity index is 2.02. The summed E-state index contributed by atoms with van der Waals surface area (Å²) in [5.41, 5.74) is 24.1. The van der Waals surface area contributed by atoms with E-state index in [1.807, 2.05) is 20.8 Å². The number of carbonyl (C=O) groups is 14. The average molecular weight is 1500 g/mol. The molecule has 0 aliphatic rings. The highest BCUT2D eigenvalue weighted by molar-refractivity contribution is 6.01. The number of rotatable bonds is 59. The van der Waals surface area contributed by atoms with Crippen molar-refractivity contribution in [2.75, 3.05) is 105 Å². The second-order valence-corrected chi connectivity index (χ2v) is 25.0. The smallest absolute Gasteiger partial charge is 0.251 e. The van der Waals surface area contributed by atoms with Crippen molar-refractivity contribution in [2.24, 2.45) is 28.9 Å². The Morgan fingerprint density at radius 1 is 0.406 bits per heavy atom. The lowest BCUT2D eigenvalue weighted by atomic mass is 9.92. The molecule has 2 rings (SSSR count). The number of aliphatic hydroxyl groups is 1. The lowest BCUT2D eigenvalue weighted by Crippen LogP contribution is -2.61. The molecule has 13 amide bonds. The van der Waals surface area contributed by atoms with Gasteiger partial charge in [0.05, 0.1) is 78.6 Å². The summed E-state index contributed by atoms with van der Waals surface area (Å²) in [4.78, 5) is 185. The minimum atomic E-state index is -1.72. The monoisotopic (exact) mass is 1500 g/mol. The molecule has 2 aromatic carbocycles. The van der Waals surface area contributed by atoms with Gasteiger partial charge in [0, 0.05) is 49.4 Å². The molecule has 0 unspecified atom stereocenters. The molecule has 106 heavy (non-hydrogen) atoms. The van der Waals surface area contributed by atoms with Crippen LogP contribution in [0.2, 0.25) is 0 Å². The van der Waals surface area contributed by atoms with Crippen molar-refractivity contribution in [3.05, 3.63) is 71.3 Å². The number of ketones is 1. The van der Waals surface area contributed by atoms with Crippen LogP contribution in [-0.4, -0.2) is 241 Å². The molecule has 0 saturated carbocycles. The minimum absolute atomic E-state index is 0.00557. The quantitative estimate of drug-likeness (QED) is 0.0227. The highest BCUT2D eigenvalue weighted by Gasteiger charge is 2.35. The third kappa shape index (κ3) is 39.3. The lowest BCUT2D eigenvalue weighted by molar-refractivity contribution is -0.136. The first-order chi connectivity index (χ1) is 50.9. The Morgan fingerprint density at radius 2 is 0.858 bits per heavy atom. The zero-order chi connectivity index (χ0) is 78.6. The van der Waals surface area contributed by atoms with Crippen LogP contribution in [0.1, 0.15) is 151 Å². The first-order valence-corrected chi connectivity index (χ1v) is 36.4. The summed E-state index contributed by atoms with van der Waals surface area (Å²) < 4.78 is 22.2. The summed E-state index contributed by atoms with van der Waals surface area (Å²) in [6.45, 7) is 8.52. The number of nitrogens with two attached hydrogens (primary N) is 4. The maximum absolute atomic E-state index is 14.3. The van der Waals surface area contributed by atoms with Gasteiger partial charge in [0.1, 0.15) is 42.3 Å². The summed E-state index contributed by atoms with van der Waals surface area (Å²) in [5, 5.41) is 41.0. The Kier molecular flexibility index (Phi) is 48.6. The molecule has 35 heteroatoms. The van der Waals surface area contributed by atoms with Crippen LogP contribution in [0.5, 0.6) is 0 Å². The van der Waals surface area contributed by atoms with Crippen LogP contribution in [0, 0.1) is 5.92 Å². The number of primary amides is 1. The van der Waals surface area contributed by atoms with Crippen LogP contribution < -0.4 is 86.7 Å². The highest BCUT2D eigenvalue weighted by Crippen LogP contribution is 2.17. The molecule has 0 saturated heterocycles. The lowest BCUT2D eigenvalue weighted by Gasteiger charge is -2.27. The first-order valence-electron chi connectivity index (χ1n) is 36.4. The standard InChI is InChI=1S/C71H116N16O19/c1-6-10-11-15-19-51(81-59(91)28-34-103-36-38-105-40-41-106-39-37-104-35-33-77-64(95)50-22-20-49(21-23-50)63(94)48(8-3)9-4)65(96)79-45-61(93)87-62(46(5)88)71(102)85-54(26-31-74)68(99)84-55(27-32-76-58(90)16-7-2)70(101)83-53(25-30-73)69(100)86-56(42-47-17-13-12-14-18-47)67(98)80-44-60(92)82-52(24-29-72)66(97)78-43-57(75)89/h12-14,17-18,20-23,46,48,51-56,62,88H,6-11,15-16,19,24-45,72-74H2,1-5H3,(H2,75,89)(H,76,90)(H,77,95)(H,78,97)(H,79,96)(H,80,98)(H,81,91)(H,82,92)(H,83,101)(H,84,99)(H,85,102)(H,86,100)(H,87,93)/t46-,51+,52+,53+,54+,55+,56-,62+/m1/s1. The fraction of sp³-hybridized carbons (Fsp3) is 0.634. The van der Waals surface area contributed by atoms with Gasteiger partial charge in [0.25, 0.3) is 5.91 Å². The Labute approximate surface area is 619 Å². The Bertz CT molecular complexity index is 3040. The molecule has 0 radical (unpaired) electrons. The molecule has 0 aliphatic heterocycles. The van der Waals surface area contributed by atoms with E-state index < -0.39 is 133 Å². The maximum atomic E-state index is 14.3. The summed E-state index contributed by atoms with van der Waals surface area (Å²) >= 11 is 0. The van der Waals surface area contributed by atoms with E-state index in [1.54, 1.807) is 61.5 Å². The number of nitrogens with one attached hydrogen (secondary N) is 12. The number of Topliss-reactive ketones (excluding diaryl/α,β-unsaturated/α-hetero) is 1. The Morgan fingerprint density at radius 3 is 1.37 bits per heavy atom. The molecule has 0 aromatic heterocycles. The predicted molar refractivity (Wildman–Crippen MR) is 391 cm³/mol. The van der Waals surface area contributed by atoms with Crippen molar-refractivity contribution in [3.8, 4) is 0 Å². The molecule has 0 fully saturated rings. The summed E-state index contributed by atoms with van der Waals surface area (Å²) in [6, 6.07) is 5.19. The first kappa shape index (κ1) is 93.0. The van der Waals surface area contributed by atoms with Gasteiger partial charge >= 0.3 is 0 Å². The summed E-state index contributed by atoms with van der Waals surface area (Å²) in [6.07, 6.45) is 2.88. The van der Waals surface area contributed by atoms with Crippen LogP contribution in [0.4, 0.5) is 0 Å². The number of ether oxygens (including phenoxy) is 4. The van der Waals surface area contributed by atoms with Crippen molar-refractivity contribution in [2.45, 2.75) is 179 Å². The van der Waals surface area contributed by atoms with Gasteiger partial charge in [-0.2, -0.15) is 0 Å². The van der Waals surface area contributed by atoms with E-state index in [0.717, 1.165) is 32.1 Å². The van der Waals surface area contributed by atoms with E-state index in [4.69, 9.17) is 41.9 Å². The maximum Gasteiger partial charge on any atom is 0.251 e. The van der Waals surface area contributed by atoms with E-state index in [1.165, 1.54) is 6.92 Å². The van der Waals surface area contributed by atoms with Crippen molar-refractivity contribution in [1.82, 2.24) is 63.8 Å². The molecule has 0 aliphatic carbocycles.